The van der Waals surface area contributed by atoms with Gasteiger partial charge in [-0.2, -0.15) is 0 Å². The van der Waals surface area contributed by atoms with Gasteiger partial charge in [0.25, 0.3) is 0 Å². The van der Waals surface area contributed by atoms with Crippen molar-refractivity contribution in [2.24, 2.45) is 5.73 Å². The Hall–Kier alpha value is -0.900. The molecule has 16 heavy (non-hydrogen) atoms. The van der Waals surface area contributed by atoms with Gasteiger partial charge in [-0.15, -0.1) is 0 Å². The minimum atomic E-state index is -0.0240. The fourth-order valence-corrected chi connectivity index (χ4v) is 1.88. The summed E-state index contributed by atoms with van der Waals surface area (Å²) < 4.78 is 11.1. The van der Waals surface area contributed by atoms with Gasteiger partial charge in [-0.25, -0.2) is 0 Å². The summed E-state index contributed by atoms with van der Waals surface area (Å²) in [6, 6.07) is 10.1. The summed E-state index contributed by atoms with van der Waals surface area (Å²) in [5, 5.41) is 0. The van der Waals surface area contributed by atoms with Gasteiger partial charge in [0.2, 0.25) is 0 Å². The molecule has 0 saturated carbocycles. The van der Waals surface area contributed by atoms with Gasteiger partial charge in [-0.05, 0) is 18.4 Å². The Kier molecular flexibility index (Phi) is 4.34. The van der Waals surface area contributed by atoms with Crippen molar-refractivity contribution in [1.29, 1.82) is 0 Å². The summed E-state index contributed by atoms with van der Waals surface area (Å²) in [6.45, 7) is 2.21. The smallest absolute Gasteiger partial charge is 0.0663 e. The Balaban J connectivity index is 1.77. The number of benzene rings is 1. The van der Waals surface area contributed by atoms with E-state index in [9.17, 15) is 0 Å². The predicted octanol–water partition coefficient (Wildman–Crippen LogP) is 1.88. The van der Waals surface area contributed by atoms with Gasteiger partial charge >= 0.3 is 0 Å². The van der Waals surface area contributed by atoms with Crippen LogP contribution >= 0.6 is 0 Å². The van der Waals surface area contributed by atoms with E-state index in [4.69, 9.17) is 15.2 Å². The molecule has 0 radical (unpaired) electrons. The molecule has 0 aromatic heterocycles. The molecule has 2 N–H and O–H groups in total. The molecule has 0 aliphatic carbocycles. The molecule has 1 saturated heterocycles. The second-order valence-electron chi connectivity index (χ2n) is 4.16. The van der Waals surface area contributed by atoms with E-state index in [0.29, 0.717) is 12.7 Å². The number of rotatable bonds is 4. The van der Waals surface area contributed by atoms with Gasteiger partial charge in [0.05, 0.1) is 18.8 Å². The number of ether oxygens (including phenoxy) is 2. The van der Waals surface area contributed by atoms with Crippen LogP contribution in [-0.4, -0.2) is 25.9 Å². The molecule has 1 aliphatic rings. The van der Waals surface area contributed by atoms with Crippen LogP contribution in [0.2, 0.25) is 0 Å². The summed E-state index contributed by atoms with van der Waals surface area (Å²) in [5.41, 5.74) is 7.19. The molecule has 1 unspecified atom stereocenters. The Labute approximate surface area is 96.5 Å². The molecule has 1 heterocycles. The maximum atomic E-state index is 6.06. The quantitative estimate of drug-likeness (QED) is 0.844. The molecule has 0 spiro atoms. The third-order valence-electron chi connectivity index (χ3n) is 2.91. The summed E-state index contributed by atoms with van der Waals surface area (Å²) in [4.78, 5) is 0. The van der Waals surface area contributed by atoms with Gasteiger partial charge in [0.15, 0.2) is 0 Å². The normalized spacial score (nSPS) is 19.6. The second-order valence-corrected chi connectivity index (χ2v) is 4.16. The number of nitrogens with two attached hydrogens (primary N) is 1. The largest absolute Gasteiger partial charge is 0.381 e. The van der Waals surface area contributed by atoms with Crippen LogP contribution in [-0.2, 0) is 9.47 Å². The van der Waals surface area contributed by atoms with E-state index in [-0.39, 0.29) is 6.04 Å². The third kappa shape index (κ3) is 3.30. The Morgan fingerprint density at radius 2 is 1.94 bits per heavy atom. The van der Waals surface area contributed by atoms with Crippen molar-refractivity contribution in [3.05, 3.63) is 35.9 Å². The highest BCUT2D eigenvalue weighted by Gasteiger charge is 2.15. The van der Waals surface area contributed by atoms with Gasteiger partial charge in [-0.1, -0.05) is 30.3 Å². The fraction of sp³-hybridized carbons (Fsp3) is 0.538. The van der Waals surface area contributed by atoms with E-state index < -0.39 is 0 Å². The summed E-state index contributed by atoms with van der Waals surface area (Å²) in [6.07, 6.45) is 2.30. The van der Waals surface area contributed by atoms with E-state index in [1.54, 1.807) is 0 Å². The first-order valence-corrected chi connectivity index (χ1v) is 5.86. The third-order valence-corrected chi connectivity index (χ3v) is 2.91. The second kappa shape index (κ2) is 5.99. The molecule has 1 aromatic rings. The van der Waals surface area contributed by atoms with Gasteiger partial charge < -0.3 is 15.2 Å². The van der Waals surface area contributed by atoms with Gasteiger partial charge in [0.1, 0.15) is 0 Å². The molecule has 3 nitrogen and oxygen atoms in total. The summed E-state index contributed by atoms with van der Waals surface area (Å²) in [7, 11) is 0. The van der Waals surface area contributed by atoms with E-state index in [2.05, 4.69) is 0 Å². The first-order chi connectivity index (χ1) is 7.86. The molecule has 0 amide bonds. The highest BCUT2D eigenvalue weighted by atomic mass is 16.5. The molecule has 0 bridgehead atoms. The monoisotopic (exact) mass is 221 g/mol. The highest BCUT2D eigenvalue weighted by molar-refractivity contribution is 5.18. The molecule has 2 rings (SSSR count). The van der Waals surface area contributed by atoms with Crippen LogP contribution in [0.25, 0.3) is 0 Å². The predicted molar refractivity (Wildman–Crippen MR) is 63.2 cm³/mol. The molecule has 1 aliphatic heterocycles. The van der Waals surface area contributed by atoms with E-state index in [1.807, 2.05) is 30.3 Å². The van der Waals surface area contributed by atoms with Gasteiger partial charge in [-0.3, -0.25) is 0 Å². The van der Waals surface area contributed by atoms with Crippen molar-refractivity contribution in [3.8, 4) is 0 Å². The maximum absolute atomic E-state index is 6.06. The van der Waals surface area contributed by atoms with Crippen molar-refractivity contribution < 1.29 is 9.47 Å². The SMILES string of the molecule is NC(COC1CCOCC1)c1ccccc1. The molecule has 88 valence electrons. The fourth-order valence-electron chi connectivity index (χ4n) is 1.88. The summed E-state index contributed by atoms with van der Waals surface area (Å²) >= 11 is 0. The van der Waals surface area contributed by atoms with E-state index in [1.165, 1.54) is 0 Å². The molecule has 3 heteroatoms. The van der Waals surface area contributed by atoms with Crippen LogP contribution < -0.4 is 5.73 Å². The molecular weight excluding hydrogens is 202 g/mol. The van der Waals surface area contributed by atoms with Crippen molar-refractivity contribution in [2.45, 2.75) is 25.0 Å². The number of hydrogen-bond donors (Lipinski definition) is 1. The van der Waals surface area contributed by atoms with Crippen LogP contribution in [0.5, 0.6) is 0 Å². The standard InChI is InChI=1S/C13H19NO2/c14-13(11-4-2-1-3-5-11)10-16-12-6-8-15-9-7-12/h1-5,12-13H,6-10,14H2. The van der Waals surface area contributed by atoms with Gasteiger partial charge in [0, 0.05) is 13.2 Å². The lowest BCUT2D eigenvalue weighted by molar-refractivity contribution is -0.0358. The topological polar surface area (TPSA) is 44.5 Å². The van der Waals surface area contributed by atoms with Crippen LogP contribution in [0.3, 0.4) is 0 Å². The Morgan fingerprint density at radius 3 is 2.62 bits per heavy atom. The van der Waals surface area contributed by atoms with Crippen LogP contribution in [0.15, 0.2) is 30.3 Å². The highest BCUT2D eigenvalue weighted by Crippen LogP contribution is 2.15. The zero-order valence-corrected chi connectivity index (χ0v) is 9.47. The summed E-state index contributed by atoms with van der Waals surface area (Å²) in [5.74, 6) is 0. The minimum Gasteiger partial charge on any atom is -0.381 e. The first-order valence-electron chi connectivity index (χ1n) is 5.86. The lowest BCUT2D eigenvalue weighted by atomic mass is 10.1. The van der Waals surface area contributed by atoms with Crippen molar-refractivity contribution in [2.75, 3.05) is 19.8 Å². The maximum Gasteiger partial charge on any atom is 0.0663 e. The van der Waals surface area contributed by atoms with Crippen LogP contribution in [0.1, 0.15) is 24.4 Å². The van der Waals surface area contributed by atoms with Crippen molar-refractivity contribution in [1.82, 2.24) is 0 Å². The average Bonchev–Trinajstić information content (AvgIpc) is 2.38. The lowest BCUT2D eigenvalue weighted by Crippen LogP contribution is -2.27. The van der Waals surface area contributed by atoms with Crippen molar-refractivity contribution >= 4 is 0 Å². The van der Waals surface area contributed by atoms with E-state index in [0.717, 1.165) is 31.6 Å². The van der Waals surface area contributed by atoms with Crippen LogP contribution in [0.4, 0.5) is 0 Å². The Bertz CT molecular complexity index is 296. The zero-order valence-electron chi connectivity index (χ0n) is 9.47. The average molecular weight is 221 g/mol. The van der Waals surface area contributed by atoms with Crippen LogP contribution in [0, 0.1) is 0 Å². The first kappa shape index (κ1) is 11.6. The zero-order chi connectivity index (χ0) is 11.2. The molecule has 1 aromatic carbocycles. The molecule has 1 atom stereocenters. The van der Waals surface area contributed by atoms with Crippen molar-refractivity contribution in [3.63, 3.8) is 0 Å². The Morgan fingerprint density at radius 1 is 1.25 bits per heavy atom. The van der Waals surface area contributed by atoms with E-state index >= 15 is 0 Å². The number of hydrogen-bond acceptors (Lipinski definition) is 3. The minimum absolute atomic E-state index is 0.0240. The molecule has 1 fully saturated rings. The lowest BCUT2D eigenvalue weighted by Gasteiger charge is -2.24. The molecular formula is C13H19NO2.